The van der Waals surface area contributed by atoms with Gasteiger partial charge in [0, 0.05) is 17.6 Å². The zero-order valence-electron chi connectivity index (χ0n) is 24.0. The second-order valence-corrected chi connectivity index (χ2v) is 12.7. The van der Waals surface area contributed by atoms with Gasteiger partial charge in [0.2, 0.25) is 11.8 Å². The Morgan fingerprint density at radius 2 is 1.69 bits per heavy atom. The molecule has 3 aromatic carbocycles. The maximum absolute atomic E-state index is 14.2. The van der Waals surface area contributed by atoms with Gasteiger partial charge < -0.3 is 15.0 Å². The van der Waals surface area contributed by atoms with Gasteiger partial charge in [0.05, 0.1) is 17.7 Å². The summed E-state index contributed by atoms with van der Waals surface area (Å²) in [4.78, 5) is 29.4. The Morgan fingerprint density at radius 1 is 0.976 bits per heavy atom. The van der Waals surface area contributed by atoms with Gasteiger partial charge in [0.15, 0.2) is 0 Å². The van der Waals surface area contributed by atoms with Crippen LogP contribution in [-0.2, 0) is 26.2 Å². The van der Waals surface area contributed by atoms with Crippen LogP contribution in [0.25, 0.3) is 0 Å². The van der Waals surface area contributed by atoms with Gasteiger partial charge in [-0.3, -0.25) is 13.9 Å². The third-order valence-corrected chi connectivity index (χ3v) is 9.55. The van der Waals surface area contributed by atoms with Gasteiger partial charge in [-0.15, -0.1) is 0 Å². The van der Waals surface area contributed by atoms with Crippen LogP contribution in [0.15, 0.2) is 83.8 Å². The molecule has 0 aromatic heterocycles. The molecule has 0 saturated heterocycles. The van der Waals surface area contributed by atoms with E-state index in [9.17, 15) is 18.0 Å². The van der Waals surface area contributed by atoms with E-state index in [1.165, 1.54) is 23.1 Å². The lowest BCUT2D eigenvalue weighted by atomic mass is 9.95. The van der Waals surface area contributed by atoms with Crippen LogP contribution in [0.5, 0.6) is 5.75 Å². The van der Waals surface area contributed by atoms with Crippen molar-refractivity contribution in [1.29, 1.82) is 0 Å². The first-order valence-electron chi connectivity index (χ1n) is 14.3. The average Bonchev–Trinajstić information content (AvgIpc) is 3.00. The van der Waals surface area contributed by atoms with E-state index < -0.39 is 28.5 Å². The molecule has 1 unspecified atom stereocenters. The van der Waals surface area contributed by atoms with Crippen molar-refractivity contribution in [3.63, 3.8) is 0 Å². The van der Waals surface area contributed by atoms with Gasteiger partial charge in [0.1, 0.15) is 18.3 Å². The van der Waals surface area contributed by atoms with E-state index in [4.69, 9.17) is 16.3 Å². The number of rotatable bonds is 12. The fraction of sp³-hybridized carbons (Fsp3) is 0.375. The molecular weight excluding hydrogens is 574 g/mol. The Labute approximate surface area is 253 Å². The number of nitrogens with zero attached hydrogens (tertiary/aromatic N) is 2. The number of hydrogen-bond acceptors (Lipinski definition) is 5. The van der Waals surface area contributed by atoms with Gasteiger partial charge in [-0.05, 0) is 67.3 Å². The van der Waals surface area contributed by atoms with E-state index >= 15 is 0 Å². The Bertz CT molecular complexity index is 1460. The molecule has 0 aliphatic heterocycles. The first-order chi connectivity index (χ1) is 20.2. The number of benzene rings is 3. The predicted molar refractivity (Wildman–Crippen MR) is 165 cm³/mol. The quantitative estimate of drug-likeness (QED) is 0.279. The van der Waals surface area contributed by atoms with Crippen LogP contribution in [0.2, 0.25) is 5.02 Å². The van der Waals surface area contributed by atoms with Gasteiger partial charge in [0.25, 0.3) is 10.0 Å². The highest BCUT2D eigenvalue weighted by Crippen LogP contribution is 2.27. The molecule has 0 radical (unpaired) electrons. The van der Waals surface area contributed by atoms with Crippen molar-refractivity contribution in [1.82, 2.24) is 10.2 Å². The monoisotopic (exact) mass is 611 g/mol. The van der Waals surface area contributed by atoms with Crippen molar-refractivity contribution in [2.75, 3.05) is 18.0 Å². The first kappa shape index (κ1) is 31.4. The summed E-state index contributed by atoms with van der Waals surface area (Å²) in [6.45, 7) is 1.43. The Balaban J connectivity index is 1.71. The summed E-state index contributed by atoms with van der Waals surface area (Å²) in [5.41, 5.74) is 1.01. The number of anilines is 1. The third kappa shape index (κ3) is 7.83. The highest BCUT2D eigenvalue weighted by molar-refractivity contribution is 7.92. The van der Waals surface area contributed by atoms with Gasteiger partial charge >= 0.3 is 0 Å². The maximum Gasteiger partial charge on any atom is 0.264 e. The zero-order valence-corrected chi connectivity index (χ0v) is 25.6. The van der Waals surface area contributed by atoms with Crippen LogP contribution < -0.4 is 14.4 Å². The fourth-order valence-electron chi connectivity index (χ4n) is 5.31. The molecule has 0 bridgehead atoms. The van der Waals surface area contributed by atoms with Gasteiger partial charge in [-0.2, -0.15) is 0 Å². The molecule has 0 spiro atoms. The van der Waals surface area contributed by atoms with Crippen LogP contribution in [0.3, 0.4) is 0 Å². The second-order valence-electron chi connectivity index (χ2n) is 10.4. The van der Waals surface area contributed by atoms with Crippen molar-refractivity contribution >= 4 is 39.1 Å². The molecule has 0 heterocycles. The number of halogens is 1. The molecule has 42 heavy (non-hydrogen) atoms. The van der Waals surface area contributed by atoms with Crippen LogP contribution in [0.1, 0.15) is 51.0 Å². The largest absolute Gasteiger partial charge is 0.497 e. The number of sulfonamides is 1. The lowest BCUT2D eigenvalue weighted by Gasteiger charge is -2.34. The zero-order chi connectivity index (χ0) is 30.1. The van der Waals surface area contributed by atoms with E-state index in [1.807, 2.05) is 25.1 Å². The molecule has 2 amide bonds. The minimum atomic E-state index is -4.15. The van der Waals surface area contributed by atoms with Crippen molar-refractivity contribution in [3.8, 4) is 5.75 Å². The molecule has 1 saturated carbocycles. The smallest absolute Gasteiger partial charge is 0.264 e. The molecule has 1 aliphatic rings. The lowest BCUT2D eigenvalue weighted by molar-refractivity contribution is -0.140. The Hall–Kier alpha value is -3.56. The van der Waals surface area contributed by atoms with Crippen molar-refractivity contribution in [2.24, 2.45) is 0 Å². The summed E-state index contributed by atoms with van der Waals surface area (Å²) in [5.74, 6) is -0.129. The van der Waals surface area contributed by atoms with E-state index in [2.05, 4.69) is 5.32 Å². The maximum atomic E-state index is 14.2. The van der Waals surface area contributed by atoms with E-state index in [1.54, 1.807) is 49.6 Å². The summed E-state index contributed by atoms with van der Waals surface area (Å²) in [6.07, 6.45) is 5.43. The standard InChI is InChI=1S/C32H38ClN3O5S/c1-3-30(32(38)34-26-14-6-4-7-15-26)35(22-24-12-10-17-28(20-24)41-2)31(37)23-36(27-16-11-13-25(33)21-27)42(39,40)29-18-8-5-9-19-29/h5,8-13,16-21,26,30H,3-4,6-7,14-15,22-23H2,1-2H3,(H,34,38). The lowest BCUT2D eigenvalue weighted by Crippen LogP contribution is -2.54. The Morgan fingerprint density at radius 3 is 2.36 bits per heavy atom. The topological polar surface area (TPSA) is 96.0 Å². The predicted octanol–water partition coefficient (Wildman–Crippen LogP) is 5.80. The van der Waals surface area contributed by atoms with Crippen molar-refractivity contribution in [3.05, 3.63) is 89.4 Å². The van der Waals surface area contributed by atoms with Crippen LogP contribution in [0, 0.1) is 0 Å². The number of carbonyl (C=O) groups excluding carboxylic acids is 2. The minimum Gasteiger partial charge on any atom is -0.497 e. The molecule has 1 aliphatic carbocycles. The summed E-state index contributed by atoms with van der Waals surface area (Å²) in [7, 11) is -2.59. The summed E-state index contributed by atoms with van der Waals surface area (Å²) in [6, 6.07) is 20.9. The molecule has 1 atom stereocenters. The molecule has 1 fully saturated rings. The molecule has 1 N–H and O–H groups in total. The normalized spacial score (nSPS) is 14.5. The molecule has 224 valence electrons. The average molecular weight is 612 g/mol. The first-order valence-corrected chi connectivity index (χ1v) is 16.1. The summed E-state index contributed by atoms with van der Waals surface area (Å²) < 4.78 is 34.2. The number of carbonyl (C=O) groups is 2. The van der Waals surface area contributed by atoms with E-state index in [0.717, 1.165) is 42.0 Å². The number of amides is 2. The van der Waals surface area contributed by atoms with Crippen molar-refractivity contribution in [2.45, 2.75) is 69.0 Å². The van der Waals surface area contributed by atoms with Gasteiger partial charge in [-0.1, -0.05) is 74.2 Å². The third-order valence-electron chi connectivity index (χ3n) is 7.53. The summed E-state index contributed by atoms with van der Waals surface area (Å²) in [5, 5.41) is 3.49. The number of nitrogens with one attached hydrogen (secondary N) is 1. The fourth-order valence-corrected chi connectivity index (χ4v) is 6.92. The van der Waals surface area contributed by atoms with Crippen LogP contribution >= 0.6 is 11.6 Å². The molecular formula is C32H38ClN3O5S. The Kier molecular flexibility index (Phi) is 10.9. The SMILES string of the molecule is CCC(C(=O)NC1CCCCC1)N(Cc1cccc(OC)c1)C(=O)CN(c1cccc(Cl)c1)S(=O)(=O)c1ccccc1. The van der Waals surface area contributed by atoms with Crippen LogP contribution in [-0.4, -0.2) is 50.9 Å². The molecule has 10 heteroatoms. The highest BCUT2D eigenvalue weighted by atomic mass is 35.5. The number of hydrogen-bond donors (Lipinski definition) is 1. The molecule has 8 nitrogen and oxygen atoms in total. The second kappa shape index (κ2) is 14.6. The number of methoxy groups -OCH3 is 1. The molecule has 4 rings (SSSR count). The minimum absolute atomic E-state index is 0.0409. The molecule has 3 aromatic rings. The van der Waals surface area contributed by atoms with Gasteiger partial charge in [-0.25, -0.2) is 8.42 Å². The van der Waals surface area contributed by atoms with E-state index in [-0.39, 0.29) is 29.1 Å². The highest BCUT2D eigenvalue weighted by Gasteiger charge is 2.34. The number of ether oxygens (including phenoxy) is 1. The van der Waals surface area contributed by atoms with E-state index in [0.29, 0.717) is 17.2 Å². The van der Waals surface area contributed by atoms with Crippen LogP contribution in [0.4, 0.5) is 5.69 Å². The van der Waals surface area contributed by atoms with Crippen molar-refractivity contribution < 1.29 is 22.7 Å². The summed E-state index contributed by atoms with van der Waals surface area (Å²) >= 11 is 6.25.